The number of hydrogen-bond donors (Lipinski definition) is 0. The van der Waals surface area contributed by atoms with E-state index >= 15 is 0 Å². The van der Waals surface area contributed by atoms with Crippen LogP contribution < -0.4 is 15.3 Å². The molecule has 0 amide bonds. The molecule has 2 nitrogen and oxygen atoms in total. The molecule has 1 aliphatic rings. The summed E-state index contributed by atoms with van der Waals surface area (Å²) in [6, 6.07) is 17.6. The highest BCUT2D eigenvalue weighted by Crippen LogP contribution is 2.58. The zero-order chi connectivity index (χ0) is 22.1. The molecule has 3 rings (SSSR count). The minimum atomic E-state index is -0.742. The average molecular weight is 423 g/mol. The number of methoxy groups -OCH3 is 1. The van der Waals surface area contributed by atoms with Crippen molar-refractivity contribution in [2.75, 3.05) is 13.9 Å². The second-order valence-electron chi connectivity index (χ2n) is 9.35. The van der Waals surface area contributed by atoms with E-state index in [9.17, 15) is 0 Å². The molecule has 30 heavy (non-hydrogen) atoms. The van der Waals surface area contributed by atoms with Gasteiger partial charge in [0.2, 0.25) is 0 Å². The van der Waals surface area contributed by atoms with Crippen LogP contribution in [0.3, 0.4) is 0 Å². The van der Waals surface area contributed by atoms with Crippen LogP contribution in [0.4, 0.5) is 0 Å². The first-order valence-corrected chi connectivity index (χ1v) is 11.9. The van der Waals surface area contributed by atoms with Gasteiger partial charge in [0.1, 0.15) is 5.75 Å². The van der Waals surface area contributed by atoms with Gasteiger partial charge in [-0.25, -0.2) is 0 Å². The predicted molar refractivity (Wildman–Crippen MR) is 131 cm³/mol. The van der Waals surface area contributed by atoms with Crippen LogP contribution in [0, 0.1) is 0 Å². The molecule has 0 aromatic heterocycles. The topological polar surface area (TPSA) is 18.5 Å². The van der Waals surface area contributed by atoms with Gasteiger partial charge in [-0.3, -0.25) is 0 Å². The average Bonchev–Trinajstić information content (AvgIpc) is 2.90. The molecule has 2 unspecified atom stereocenters. The van der Waals surface area contributed by atoms with Crippen molar-refractivity contribution in [3.05, 3.63) is 76.9 Å². The lowest BCUT2D eigenvalue weighted by molar-refractivity contribution is 0.0506. The summed E-state index contributed by atoms with van der Waals surface area (Å²) < 4.78 is 11.6. The SMILES string of the molecule is COCOc1c(P(c2ccccc2)C2(C)C=C(C)C(C)=C2C)cccc1C(C)(C)C. The molecule has 0 radical (unpaired) electrons. The lowest BCUT2D eigenvalue weighted by Crippen LogP contribution is -2.32. The summed E-state index contributed by atoms with van der Waals surface area (Å²) in [4.78, 5) is 0. The van der Waals surface area contributed by atoms with Gasteiger partial charge in [-0.2, -0.15) is 0 Å². The third-order valence-electron chi connectivity index (χ3n) is 6.25. The molecule has 0 saturated heterocycles. The zero-order valence-corrected chi connectivity index (χ0v) is 20.6. The number of hydrogen-bond acceptors (Lipinski definition) is 2. The summed E-state index contributed by atoms with van der Waals surface area (Å²) in [6.07, 6.45) is 2.47. The van der Waals surface area contributed by atoms with E-state index in [1.54, 1.807) is 7.11 Å². The summed E-state index contributed by atoms with van der Waals surface area (Å²) >= 11 is 0. The van der Waals surface area contributed by atoms with Gasteiger partial charge in [0.15, 0.2) is 6.79 Å². The Kier molecular flexibility index (Phi) is 6.60. The second-order valence-corrected chi connectivity index (χ2v) is 11.9. The second kappa shape index (κ2) is 8.69. The molecule has 0 spiro atoms. The van der Waals surface area contributed by atoms with Crippen LogP contribution in [-0.2, 0) is 10.2 Å². The van der Waals surface area contributed by atoms with Crippen LogP contribution in [0.2, 0.25) is 0 Å². The van der Waals surface area contributed by atoms with Crippen molar-refractivity contribution in [2.24, 2.45) is 0 Å². The van der Waals surface area contributed by atoms with Gasteiger partial charge in [-0.1, -0.05) is 86.5 Å². The third kappa shape index (κ3) is 4.13. The van der Waals surface area contributed by atoms with Crippen LogP contribution in [0.15, 0.2) is 71.3 Å². The number of allylic oxidation sites excluding steroid dienone is 4. The van der Waals surface area contributed by atoms with Gasteiger partial charge in [0.25, 0.3) is 0 Å². The monoisotopic (exact) mass is 422 g/mol. The molecule has 3 heteroatoms. The molecule has 0 fully saturated rings. The quantitative estimate of drug-likeness (QED) is 0.393. The molecule has 0 bridgehead atoms. The van der Waals surface area contributed by atoms with Crippen LogP contribution in [0.25, 0.3) is 0 Å². The molecular formula is C27H35O2P. The van der Waals surface area contributed by atoms with Gasteiger partial charge >= 0.3 is 0 Å². The van der Waals surface area contributed by atoms with Crippen LogP contribution in [0.5, 0.6) is 5.75 Å². The number of rotatable bonds is 6. The predicted octanol–water partition coefficient (Wildman–Crippen LogP) is 6.45. The van der Waals surface area contributed by atoms with Crippen molar-refractivity contribution in [3.8, 4) is 5.75 Å². The summed E-state index contributed by atoms with van der Waals surface area (Å²) in [5, 5.41) is 2.58. The van der Waals surface area contributed by atoms with Crippen LogP contribution >= 0.6 is 7.92 Å². The Morgan fingerprint density at radius 3 is 2.13 bits per heavy atom. The fourth-order valence-electron chi connectivity index (χ4n) is 4.34. The maximum atomic E-state index is 6.30. The minimum Gasteiger partial charge on any atom is -0.467 e. The van der Waals surface area contributed by atoms with Crippen molar-refractivity contribution >= 4 is 18.5 Å². The van der Waals surface area contributed by atoms with Crippen molar-refractivity contribution in [1.82, 2.24) is 0 Å². The lowest BCUT2D eigenvalue weighted by atomic mass is 9.86. The fourth-order valence-corrected chi connectivity index (χ4v) is 7.58. The summed E-state index contributed by atoms with van der Waals surface area (Å²) in [7, 11) is 0.938. The van der Waals surface area contributed by atoms with Gasteiger partial charge in [0.05, 0.1) is 0 Å². The van der Waals surface area contributed by atoms with Crippen molar-refractivity contribution in [1.29, 1.82) is 0 Å². The Labute approximate surface area is 183 Å². The molecule has 160 valence electrons. The lowest BCUT2D eigenvalue weighted by Gasteiger charge is -2.38. The Morgan fingerprint density at radius 1 is 0.933 bits per heavy atom. The van der Waals surface area contributed by atoms with Crippen molar-refractivity contribution < 1.29 is 9.47 Å². The van der Waals surface area contributed by atoms with E-state index in [1.165, 1.54) is 32.9 Å². The summed E-state index contributed by atoms with van der Waals surface area (Å²) in [5.41, 5.74) is 5.44. The third-order valence-corrected chi connectivity index (χ3v) is 9.30. The molecule has 0 aliphatic heterocycles. The standard InChI is InChI=1S/C27H35O2P/c1-19-17-27(7,21(3)20(19)2)30(22-13-10-9-11-14-22)24-16-12-15-23(26(4,5)6)25(24)29-18-28-8/h9-17H,18H2,1-8H3. The first-order valence-electron chi connectivity index (χ1n) is 10.6. The highest BCUT2D eigenvalue weighted by Gasteiger charge is 2.42. The van der Waals surface area contributed by atoms with E-state index < -0.39 is 7.92 Å². The largest absolute Gasteiger partial charge is 0.467 e. The molecule has 1 aliphatic carbocycles. The van der Waals surface area contributed by atoms with Gasteiger partial charge in [-0.05, 0) is 51.9 Å². The fraction of sp³-hybridized carbons (Fsp3) is 0.407. The summed E-state index contributed by atoms with van der Waals surface area (Å²) in [6.45, 7) is 16.1. The Bertz CT molecular complexity index is 966. The maximum absolute atomic E-state index is 6.30. The molecule has 0 heterocycles. The molecule has 2 aromatic carbocycles. The summed E-state index contributed by atoms with van der Waals surface area (Å²) in [5.74, 6) is 0.978. The zero-order valence-electron chi connectivity index (χ0n) is 19.7. The highest BCUT2D eigenvalue weighted by atomic mass is 31.1. The van der Waals surface area contributed by atoms with E-state index in [0.29, 0.717) is 0 Å². The molecular weight excluding hydrogens is 387 g/mol. The van der Waals surface area contributed by atoms with Crippen LogP contribution in [0.1, 0.15) is 54.0 Å². The Hall–Kier alpha value is -1.89. The van der Waals surface area contributed by atoms with E-state index in [2.05, 4.69) is 103 Å². The molecule has 2 aromatic rings. The Morgan fingerprint density at radius 2 is 1.60 bits per heavy atom. The van der Waals surface area contributed by atoms with Gasteiger partial charge < -0.3 is 9.47 Å². The van der Waals surface area contributed by atoms with Crippen molar-refractivity contribution in [3.63, 3.8) is 0 Å². The van der Waals surface area contributed by atoms with E-state index in [0.717, 1.165) is 5.75 Å². The van der Waals surface area contributed by atoms with Gasteiger partial charge in [-0.15, -0.1) is 0 Å². The van der Waals surface area contributed by atoms with Gasteiger partial charge in [0, 0.05) is 23.1 Å². The highest BCUT2D eigenvalue weighted by molar-refractivity contribution is 7.75. The van der Waals surface area contributed by atoms with E-state index in [1.807, 2.05) is 0 Å². The Balaban J connectivity index is 2.32. The first kappa shape index (κ1) is 22.8. The van der Waals surface area contributed by atoms with E-state index in [4.69, 9.17) is 9.47 Å². The smallest absolute Gasteiger partial charge is 0.188 e. The number of benzene rings is 2. The molecule has 0 N–H and O–H groups in total. The van der Waals surface area contributed by atoms with Crippen LogP contribution in [-0.4, -0.2) is 19.1 Å². The molecule has 0 saturated carbocycles. The first-order chi connectivity index (χ1) is 14.1. The minimum absolute atomic E-state index is 0.0279. The number of ether oxygens (including phenoxy) is 2. The van der Waals surface area contributed by atoms with E-state index in [-0.39, 0.29) is 17.4 Å². The maximum Gasteiger partial charge on any atom is 0.188 e. The normalized spacial score (nSPS) is 20.3. The number of para-hydroxylation sites is 1. The molecule has 2 atom stereocenters. The van der Waals surface area contributed by atoms with Crippen molar-refractivity contribution in [2.45, 2.75) is 59.0 Å².